The molecule has 0 bridgehead atoms. The van der Waals surface area contributed by atoms with Gasteiger partial charge in [0.05, 0.1) is 6.10 Å². The van der Waals surface area contributed by atoms with Gasteiger partial charge in [-0.15, -0.1) is 0 Å². The van der Waals surface area contributed by atoms with E-state index in [0.29, 0.717) is 18.2 Å². The average Bonchev–Trinajstić information content (AvgIpc) is 2.38. The highest BCUT2D eigenvalue weighted by Crippen LogP contribution is 2.23. The van der Waals surface area contributed by atoms with Gasteiger partial charge in [0.1, 0.15) is 5.82 Å². The maximum Gasteiger partial charge on any atom is 0.251 e. The van der Waals surface area contributed by atoms with E-state index in [1.54, 1.807) is 13.0 Å². The monoisotopic (exact) mass is 322 g/mol. The Morgan fingerprint density at radius 3 is 2.52 bits per heavy atom. The summed E-state index contributed by atoms with van der Waals surface area (Å²) >= 11 is 0. The second kappa shape index (κ2) is 6.97. The van der Waals surface area contributed by atoms with Gasteiger partial charge in [-0.25, -0.2) is 4.39 Å². The Morgan fingerprint density at radius 2 is 1.96 bits per heavy atom. The number of nitrogens with one attached hydrogen (secondary N) is 2. The summed E-state index contributed by atoms with van der Waals surface area (Å²) < 4.78 is 13.3. The Balaban J connectivity index is 1.74. The van der Waals surface area contributed by atoms with Crippen LogP contribution in [0.4, 0.5) is 4.39 Å². The topological polar surface area (TPSA) is 61.4 Å². The van der Waals surface area contributed by atoms with Crippen molar-refractivity contribution in [1.29, 1.82) is 0 Å². The standard InChI is InChI=1S/C18H27FN2O2/c1-11-5-12(7-13(19)6-11)17(23)21-15-8-14(9-15)20-10-16(22)18(2,3)4/h5-7,14-16,20,22H,8-10H2,1-4H3,(H,21,23)/t14?,15?,16-/m0/s1. The number of amides is 1. The number of aliphatic hydroxyl groups is 1. The summed E-state index contributed by atoms with van der Waals surface area (Å²) in [4.78, 5) is 12.1. The van der Waals surface area contributed by atoms with E-state index in [0.717, 1.165) is 18.4 Å². The maximum atomic E-state index is 13.3. The van der Waals surface area contributed by atoms with Gasteiger partial charge in [-0.2, -0.15) is 0 Å². The number of hydrogen-bond donors (Lipinski definition) is 3. The number of aliphatic hydroxyl groups excluding tert-OH is 1. The highest BCUT2D eigenvalue weighted by molar-refractivity contribution is 5.94. The summed E-state index contributed by atoms with van der Waals surface area (Å²) in [5.74, 6) is -0.620. The van der Waals surface area contributed by atoms with E-state index in [9.17, 15) is 14.3 Å². The molecule has 128 valence electrons. The molecule has 23 heavy (non-hydrogen) atoms. The van der Waals surface area contributed by atoms with Crippen LogP contribution in [0.3, 0.4) is 0 Å². The van der Waals surface area contributed by atoms with Crippen molar-refractivity contribution in [2.75, 3.05) is 6.54 Å². The SMILES string of the molecule is Cc1cc(F)cc(C(=O)NC2CC(NC[C@H](O)C(C)(C)C)C2)c1. The minimum atomic E-state index is -0.397. The molecule has 0 heterocycles. The van der Waals surface area contributed by atoms with E-state index in [4.69, 9.17) is 0 Å². The van der Waals surface area contributed by atoms with Crippen LogP contribution in [0.25, 0.3) is 0 Å². The molecule has 1 saturated carbocycles. The predicted octanol–water partition coefficient (Wildman–Crippen LogP) is 2.39. The maximum absolute atomic E-state index is 13.3. The fraction of sp³-hybridized carbons (Fsp3) is 0.611. The van der Waals surface area contributed by atoms with Gasteiger partial charge in [0, 0.05) is 24.2 Å². The van der Waals surface area contributed by atoms with Crippen LogP contribution < -0.4 is 10.6 Å². The van der Waals surface area contributed by atoms with Crippen molar-refractivity contribution in [3.63, 3.8) is 0 Å². The van der Waals surface area contributed by atoms with Crippen LogP contribution >= 0.6 is 0 Å². The normalized spacial score (nSPS) is 22.3. The van der Waals surface area contributed by atoms with E-state index < -0.39 is 6.10 Å². The molecule has 0 spiro atoms. The summed E-state index contributed by atoms with van der Waals surface area (Å²) in [6.07, 6.45) is 1.26. The number of benzene rings is 1. The summed E-state index contributed by atoms with van der Waals surface area (Å²) in [6.45, 7) is 8.33. The Kier molecular flexibility index (Phi) is 5.42. The predicted molar refractivity (Wildman–Crippen MR) is 88.9 cm³/mol. The van der Waals surface area contributed by atoms with Gasteiger partial charge in [0.15, 0.2) is 0 Å². The lowest BCUT2D eigenvalue weighted by Gasteiger charge is -2.38. The van der Waals surface area contributed by atoms with Gasteiger partial charge in [0.25, 0.3) is 5.91 Å². The number of rotatable bonds is 5. The fourth-order valence-corrected chi connectivity index (χ4v) is 2.62. The van der Waals surface area contributed by atoms with Crippen molar-refractivity contribution in [2.45, 2.75) is 58.7 Å². The largest absolute Gasteiger partial charge is 0.391 e. The molecule has 0 radical (unpaired) electrons. The highest BCUT2D eigenvalue weighted by atomic mass is 19.1. The van der Waals surface area contributed by atoms with E-state index in [-0.39, 0.29) is 23.2 Å². The molecule has 1 atom stereocenters. The molecule has 0 unspecified atom stereocenters. The second-order valence-electron chi connectivity index (χ2n) is 7.65. The van der Waals surface area contributed by atoms with Gasteiger partial charge in [-0.05, 0) is 48.9 Å². The molecule has 1 amide bonds. The van der Waals surface area contributed by atoms with Crippen LogP contribution in [0.15, 0.2) is 18.2 Å². The first-order valence-corrected chi connectivity index (χ1v) is 8.14. The smallest absolute Gasteiger partial charge is 0.251 e. The number of carbonyl (C=O) groups excluding carboxylic acids is 1. The molecule has 1 aromatic carbocycles. The quantitative estimate of drug-likeness (QED) is 0.780. The summed E-state index contributed by atoms with van der Waals surface area (Å²) in [6, 6.07) is 4.77. The fourth-order valence-electron chi connectivity index (χ4n) is 2.62. The molecule has 0 aliphatic heterocycles. The van der Waals surface area contributed by atoms with Crippen LogP contribution in [0.1, 0.15) is 49.5 Å². The first-order chi connectivity index (χ1) is 10.6. The average molecular weight is 322 g/mol. The van der Waals surface area contributed by atoms with Crippen LogP contribution in [-0.2, 0) is 0 Å². The van der Waals surface area contributed by atoms with E-state index in [1.165, 1.54) is 12.1 Å². The lowest BCUT2D eigenvalue weighted by atomic mass is 9.85. The van der Waals surface area contributed by atoms with Gasteiger partial charge < -0.3 is 15.7 Å². The number of carbonyl (C=O) groups is 1. The van der Waals surface area contributed by atoms with Crippen molar-refractivity contribution in [2.24, 2.45) is 5.41 Å². The Labute approximate surface area is 137 Å². The number of hydrogen-bond acceptors (Lipinski definition) is 3. The Morgan fingerprint density at radius 1 is 1.30 bits per heavy atom. The first-order valence-electron chi connectivity index (χ1n) is 8.14. The summed E-state index contributed by atoms with van der Waals surface area (Å²) in [7, 11) is 0. The van der Waals surface area contributed by atoms with Crippen LogP contribution in [0, 0.1) is 18.2 Å². The lowest BCUT2D eigenvalue weighted by molar-refractivity contribution is 0.0550. The van der Waals surface area contributed by atoms with Gasteiger partial charge in [0.2, 0.25) is 0 Å². The van der Waals surface area contributed by atoms with Crippen LogP contribution in [0.2, 0.25) is 0 Å². The summed E-state index contributed by atoms with van der Waals surface area (Å²) in [5.41, 5.74) is 0.959. The molecular weight excluding hydrogens is 295 g/mol. The van der Waals surface area contributed by atoms with Gasteiger partial charge in [-0.3, -0.25) is 4.79 Å². The van der Waals surface area contributed by atoms with Gasteiger partial charge in [-0.1, -0.05) is 20.8 Å². The van der Waals surface area contributed by atoms with Crippen molar-refractivity contribution in [3.8, 4) is 0 Å². The molecule has 1 aromatic rings. The molecular formula is C18H27FN2O2. The molecule has 0 aromatic heterocycles. The minimum Gasteiger partial charge on any atom is -0.391 e. The van der Waals surface area contributed by atoms with Crippen LogP contribution in [-0.4, -0.2) is 35.7 Å². The van der Waals surface area contributed by atoms with E-state index in [1.807, 2.05) is 20.8 Å². The van der Waals surface area contributed by atoms with Crippen molar-refractivity contribution in [3.05, 3.63) is 35.1 Å². The van der Waals surface area contributed by atoms with Crippen molar-refractivity contribution in [1.82, 2.24) is 10.6 Å². The third-order valence-corrected chi connectivity index (χ3v) is 4.38. The molecule has 3 N–H and O–H groups in total. The third-order valence-electron chi connectivity index (χ3n) is 4.38. The third kappa shape index (κ3) is 5.01. The molecule has 4 nitrogen and oxygen atoms in total. The van der Waals surface area contributed by atoms with E-state index in [2.05, 4.69) is 10.6 Å². The van der Waals surface area contributed by atoms with Crippen LogP contribution in [0.5, 0.6) is 0 Å². The molecule has 1 aliphatic rings. The van der Waals surface area contributed by atoms with E-state index >= 15 is 0 Å². The number of halogens is 1. The molecule has 1 aliphatic carbocycles. The van der Waals surface area contributed by atoms with Gasteiger partial charge >= 0.3 is 0 Å². The Bertz CT molecular complexity index is 542. The molecule has 2 rings (SSSR count). The van der Waals surface area contributed by atoms with Crippen molar-refractivity contribution >= 4 is 5.91 Å². The zero-order valence-corrected chi connectivity index (χ0v) is 14.3. The second-order valence-corrected chi connectivity index (χ2v) is 7.65. The number of aryl methyl sites for hydroxylation is 1. The minimum absolute atomic E-state index is 0.107. The summed E-state index contributed by atoms with van der Waals surface area (Å²) in [5, 5.41) is 16.3. The molecule has 1 fully saturated rings. The molecule has 0 saturated heterocycles. The first kappa shape index (κ1) is 17.9. The highest BCUT2D eigenvalue weighted by Gasteiger charge is 2.31. The zero-order valence-electron chi connectivity index (χ0n) is 14.3. The van der Waals surface area contributed by atoms with Crippen molar-refractivity contribution < 1.29 is 14.3 Å². The zero-order chi connectivity index (χ0) is 17.2. The lowest BCUT2D eigenvalue weighted by Crippen LogP contribution is -2.54. The Hall–Kier alpha value is -1.46. The molecule has 5 heteroatoms.